The molecule has 14 nitrogen and oxygen atoms in total. The Balaban J connectivity index is 1.65. The van der Waals surface area contributed by atoms with Gasteiger partial charge in [0.2, 0.25) is 5.60 Å². The van der Waals surface area contributed by atoms with E-state index < -0.39 is 58.8 Å². The van der Waals surface area contributed by atoms with Crippen molar-refractivity contribution < 1.29 is 38.8 Å². The molecule has 0 radical (unpaired) electrons. The lowest BCUT2D eigenvalue weighted by Crippen LogP contribution is -2.49. The minimum atomic E-state index is -2.14. The molecular formula is C30H42N6O8. The number of aromatic nitrogens is 3. The van der Waals surface area contributed by atoms with Crippen LogP contribution < -0.4 is 11.1 Å². The SMILES string of the molecule is CC(C)(O)C(=O)Nc1ncnn2c([C@]3(C#N)O[C@H](COC(=O)CC4CCCCC4)[C@@H](OC(=O)[C@H](N)C(C)(C)C)[C@H]3O)ccc12. The molecule has 1 saturated carbocycles. The molecule has 0 aromatic carbocycles. The summed E-state index contributed by atoms with van der Waals surface area (Å²) in [5, 5.41) is 38.9. The van der Waals surface area contributed by atoms with Gasteiger partial charge < -0.3 is 35.5 Å². The third kappa shape index (κ3) is 6.86. The van der Waals surface area contributed by atoms with Gasteiger partial charge in [-0.1, -0.05) is 40.0 Å². The van der Waals surface area contributed by atoms with Gasteiger partial charge in [0.25, 0.3) is 5.91 Å². The summed E-state index contributed by atoms with van der Waals surface area (Å²) in [6.07, 6.45) is 2.09. The van der Waals surface area contributed by atoms with Crippen molar-refractivity contribution in [3.8, 4) is 6.07 Å². The number of esters is 2. The second kappa shape index (κ2) is 12.8. The van der Waals surface area contributed by atoms with Crippen molar-refractivity contribution in [1.82, 2.24) is 14.6 Å². The van der Waals surface area contributed by atoms with Crippen LogP contribution in [0.4, 0.5) is 5.82 Å². The van der Waals surface area contributed by atoms with E-state index in [4.69, 9.17) is 19.9 Å². The van der Waals surface area contributed by atoms with E-state index in [0.29, 0.717) is 0 Å². The number of nitrogens with zero attached hydrogens (tertiary/aromatic N) is 4. The van der Waals surface area contributed by atoms with E-state index in [2.05, 4.69) is 15.4 Å². The smallest absolute Gasteiger partial charge is 0.323 e. The van der Waals surface area contributed by atoms with Crippen LogP contribution in [0.25, 0.3) is 5.52 Å². The lowest BCUT2D eigenvalue weighted by Gasteiger charge is -2.29. The number of ether oxygens (including phenoxy) is 3. The second-order valence-corrected chi connectivity index (χ2v) is 13.2. The second-order valence-electron chi connectivity index (χ2n) is 13.2. The number of anilines is 1. The van der Waals surface area contributed by atoms with E-state index in [1.165, 1.54) is 30.5 Å². The van der Waals surface area contributed by atoms with Crippen LogP contribution in [-0.2, 0) is 34.2 Å². The van der Waals surface area contributed by atoms with E-state index in [1.54, 1.807) is 20.8 Å². The van der Waals surface area contributed by atoms with E-state index in [1.807, 2.05) is 6.07 Å². The van der Waals surface area contributed by atoms with Crippen LogP contribution in [0.1, 0.15) is 78.8 Å². The highest BCUT2D eigenvalue weighted by molar-refractivity contribution is 5.98. The number of aliphatic hydroxyl groups excluding tert-OH is 1. The highest BCUT2D eigenvalue weighted by Gasteiger charge is 2.60. The summed E-state index contributed by atoms with van der Waals surface area (Å²) in [4.78, 5) is 42.3. The Labute approximate surface area is 255 Å². The zero-order chi connectivity index (χ0) is 32.4. The molecule has 1 aliphatic heterocycles. The fourth-order valence-electron chi connectivity index (χ4n) is 5.43. The van der Waals surface area contributed by atoms with Gasteiger partial charge in [-0.05, 0) is 50.2 Å². The largest absolute Gasteiger partial charge is 0.463 e. The molecule has 5 N–H and O–H groups in total. The van der Waals surface area contributed by atoms with Crippen LogP contribution in [0.3, 0.4) is 0 Å². The number of nitrogens with two attached hydrogens (primary N) is 1. The van der Waals surface area contributed by atoms with Crippen LogP contribution in [0.2, 0.25) is 0 Å². The van der Waals surface area contributed by atoms with Gasteiger partial charge in [-0.25, -0.2) is 9.50 Å². The van der Waals surface area contributed by atoms with Gasteiger partial charge in [0.05, 0.1) is 5.69 Å². The van der Waals surface area contributed by atoms with E-state index >= 15 is 0 Å². The molecule has 0 spiro atoms. The Kier molecular flexibility index (Phi) is 9.65. The number of aliphatic hydroxyl groups is 2. The third-order valence-corrected chi connectivity index (χ3v) is 8.25. The molecule has 4 rings (SSSR count). The fourth-order valence-corrected chi connectivity index (χ4v) is 5.43. The Bertz CT molecular complexity index is 1420. The van der Waals surface area contributed by atoms with Gasteiger partial charge in [-0.3, -0.25) is 14.4 Å². The van der Waals surface area contributed by atoms with Gasteiger partial charge in [0, 0.05) is 6.42 Å². The summed E-state index contributed by atoms with van der Waals surface area (Å²) in [5.41, 5.74) is 1.88. The van der Waals surface area contributed by atoms with Gasteiger partial charge in [0.15, 0.2) is 11.9 Å². The normalized spacial score (nSPS) is 25.3. The van der Waals surface area contributed by atoms with Gasteiger partial charge >= 0.3 is 11.9 Å². The topological polar surface area (TPSA) is 211 Å². The predicted octanol–water partition coefficient (Wildman–Crippen LogP) is 1.72. The maximum absolute atomic E-state index is 13.1. The number of fused-ring (bicyclic) bond motifs is 1. The summed E-state index contributed by atoms with van der Waals surface area (Å²) in [6, 6.07) is 3.89. The molecule has 0 unspecified atom stereocenters. The first-order valence-electron chi connectivity index (χ1n) is 14.8. The maximum atomic E-state index is 13.1. The van der Waals surface area contributed by atoms with Crippen LogP contribution in [0.5, 0.6) is 0 Å². The Morgan fingerprint density at radius 2 is 1.91 bits per heavy atom. The van der Waals surface area contributed by atoms with Crippen LogP contribution >= 0.6 is 0 Å². The van der Waals surface area contributed by atoms with Crippen molar-refractivity contribution >= 4 is 29.2 Å². The monoisotopic (exact) mass is 614 g/mol. The molecule has 14 heteroatoms. The number of carbonyl (C=O) groups excluding carboxylic acids is 3. The summed E-state index contributed by atoms with van der Waals surface area (Å²) in [6.45, 7) is 7.50. The molecule has 5 atom stereocenters. The number of amides is 1. The summed E-state index contributed by atoms with van der Waals surface area (Å²) in [5.74, 6) is -1.75. The van der Waals surface area contributed by atoms with E-state index in [9.17, 15) is 29.9 Å². The Hall–Kier alpha value is -3.64. The minimum Gasteiger partial charge on any atom is -0.463 e. The van der Waals surface area contributed by atoms with Gasteiger partial charge in [0.1, 0.15) is 48.4 Å². The number of hydrogen-bond acceptors (Lipinski definition) is 12. The number of hydrogen-bond donors (Lipinski definition) is 4. The zero-order valence-corrected chi connectivity index (χ0v) is 25.8. The van der Waals surface area contributed by atoms with Crippen molar-refractivity contribution in [1.29, 1.82) is 5.26 Å². The summed E-state index contributed by atoms with van der Waals surface area (Å²) in [7, 11) is 0. The molecule has 2 fully saturated rings. The van der Waals surface area contributed by atoms with Crippen LogP contribution in [-0.4, -0.2) is 79.2 Å². The quantitative estimate of drug-likeness (QED) is 0.297. The molecule has 2 aromatic heterocycles. The van der Waals surface area contributed by atoms with Gasteiger partial charge in [-0.15, -0.1) is 0 Å². The van der Waals surface area contributed by atoms with Crippen molar-refractivity contribution in [2.45, 2.75) is 109 Å². The van der Waals surface area contributed by atoms with Gasteiger partial charge in [-0.2, -0.15) is 10.4 Å². The molecule has 44 heavy (non-hydrogen) atoms. The Morgan fingerprint density at radius 3 is 2.52 bits per heavy atom. The van der Waals surface area contributed by atoms with Crippen molar-refractivity contribution in [3.05, 3.63) is 24.2 Å². The number of nitriles is 1. The number of carbonyl (C=O) groups is 3. The van der Waals surface area contributed by atoms with Crippen molar-refractivity contribution in [2.75, 3.05) is 11.9 Å². The minimum absolute atomic E-state index is 0.0336. The van der Waals surface area contributed by atoms with Crippen LogP contribution in [0, 0.1) is 22.7 Å². The molecule has 1 aliphatic carbocycles. The Morgan fingerprint density at radius 1 is 1.23 bits per heavy atom. The zero-order valence-electron chi connectivity index (χ0n) is 25.8. The average molecular weight is 615 g/mol. The molecule has 1 amide bonds. The highest BCUT2D eigenvalue weighted by Crippen LogP contribution is 2.42. The number of rotatable bonds is 9. The maximum Gasteiger partial charge on any atom is 0.323 e. The first kappa shape index (κ1) is 33.3. The number of nitrogens with one attached hydrogen (secondary N) is 1. The molecule has 0 bridgehead atoms. The molecule has 3 heterocycles. The average Bonchev–Trinajstić information content (AvgIpc) is 3.51. The molecule has 2 aliphatic rings. The lowest BCUT2D eigenvalue weighted by molar-refractivity contribution is -0.163. The first-order valence-corrected chi connectivity index (χ1v) is 14.8. The molecule has 1 saturated heterocycles. The summed E-state index contributed by atoms with van der Waals surface area (Å²) < 4.78 is 18.6. The van der Waals surface area contributed by atoms with E-state index in [0.717, 1.165) is 38.4 Å². The molecule has 2 aromatic rings. The third-order valence-electron chi connectivity index (χ3n) is 8.25. The fraction of sp³-hybridized carbons (Fsp3) is 0.667. The summed E-state index contributed by atoms with van der Waals surface area (Å²) >= 11 is 0. The van der Waals surface area contributed by atoms with Crippen molar-refractivity contribution in [3.63, 3.8) is 0 Å². The standard InChI is InChI=1S/C30H42N6O8/c1-28(2,3)23(32)26(39)43-22-19(14-42-21(37)13-17-9-7-6-8-10-17)44-30(15-31,24(22)38)20-12-11-18-25(33-16-34-36(18)20)35-27(40)29(4,5)41/h11-12,16-17,19,22-24,38,41H,6-10,13-14,32H2,1-5H3,(H,33,34,35,40)/t19-,22-,23+,24-,30+/m1/s1. The first-order chi connectivity index (χ1) is 20.6. The van der Waals surface area contributed by atoms with Crippen LogP contribution in [0.15, 0.2) is 18.5 Å². The molecule has 240 valence electrons. The highest BCUT2D eigenvalue weighted by atomic mass is 16.6. The van der Waals surface area contributed by atoms with E-state index in [-0.39, 0.29) is 36.0 Å². The van der Waals surface area contributed by atoms with Crippen molar-refractivity contribution in [2.24, 2.45) is 17.1 Å². The molecular weight excluding hydrogens is 572 g/mol. The predicted molar refractivity (Wildman–Crippen MR) is 156 cm³/mol. The lowest BCUT2D eigenvalue weighted by atomic mass is 9.87.